The van der Waals surface area contributed by atoms with E-state index in [9.17, 15) is 0 Å². The van der Waals surface area contributed by atoms with Crippen molar-refractivity contribution in [2.75, 3.05) is 0 Å². The summed E-state index contributed by atoms with van der Waals surface area (Å²) in [4.78, 5) is 4.36. The van der Waals surface area contributed by atoms with Crippen LogP contribution >= 0.6 is 34.5 Å². The molecule has 2 aromatic rings. The lowest BCUT2D eigenvalue weighted by atomic mass is 10.2. The van der Waals surface area contributed by atoms with E-state index < -0.39 is 0 Å². The first-order chi connectivity index (χ1) is 7.20. The maximum Gasteiger partial charge on any atom is 0.125 e. The summed E-state index contributed by atoms with van der Waals surface area (Å²) in [6, 6.07) is 5.37. The minimum atomic E-state index is 0.446. The summed E-state index contributed by atoms with van der Waals surface area (Å²) in [5.74, 6) is 0. The van der Waals surface area contributed by atoms with E-state index in [0.29, 0.717) is 16.6 Å². The minimum Gasteiger partial charge on any atom is -0.325 e. The third kappa shape index (κ3) is 2.32. The molecule has 5 heteroatoms. The fraction of sp³-hybridized carbons (Fsp3) is 0.100. The number of benzene rings is 1. The molecule has 0 aliphatic heterocycles. The molecule has 0 amide bonds. The summed E-state index contributed by atoms with van der Waals surface area (Å²) in [5, 5.41) is 4.04. The second kappa shape index (κ2) is 4.49. The van der Waals surface area contributed by atoms with Crippen LogP contribution in [0.2, 0.25) is 10.0 Å². The number of thiazole rings is 1. The number of nitrogens with zero attached hydrogens (tertiary/aromatic N) is 1. The molecule has 1 heterocycles. The van der Waals surface area contributed by atoms with Crippen molar-refractivity contribution in [1.29, 1.82) is 0 Å². The molecule has 0 saturated carbocycles. The molecule has 2 rings (SSSR count). The van der Waals surface area contributed by atoms with E-state index >= 15 is 0 Å². The van der Waals surface area contributed by atoms with Crippen LogP contribution in [0.25, 0.3) is 10.6 Å². The molecule has 0 saturated heterocycles. The first-order valence-corrected chi connectivity index (χ1v) is 5.94. The maximum atomic E-state index is 6.07. The Labute approximate surface area is 102 Å². The van der Waals surface area contributed by atoms with Gasteiger partial charge in [0.25, 0.3) is 0 Å². The largest absolute Gasteiger partial charge is 0.325 e. The third-order valence-corrected chi connectivity index (χ3v) is 3.39. The Morgan fingerprint density at radius 3 is 2.73 bits per heavy atom. The van der Waals surface area contributed by atoms with Gasteiger partial charge in [-0.05, 0) is 18.2 Å². The van der Waals surface area contributed by atoms with Gasteiger partial charge in [0.15, 0.2) is 0 Å². The highest BCUT2D eigenvalue weighted by Crippen LogP contribution is 2.32. The molecule has 0 aliphatic carbocycles. The molecule has 1 aromatic heterocycles. The number of aromatic nitrogens is 1. The van der Waals surface area contributed by atoms with Gasteiger partial charge in [-0.1, -0.05) is 23.2 Å². The molecule has 1 aromatic carbocycles. The van der Waals surface area contributed by atoms with Crippen molar-refractivity contribution >= 4 is 34.5 Å². The summed E-state index contributed by atoms with van der Waals surface area (Å²) in [6.07, 6.45) is 0. The molecule has 0 fully saturated rings. The van der Waals surface area contributed by atoms with Gasteiger partial charge < -0.3 is 5.73 Å². The zero-order chi connectivity index (χ0) is 10.8. The van der Waals surface area contributed by atoms with Gasteiger partial charge in [0.1, 0.15) is 5.01 Å². The summed E-state index contributed by atoms with van der Waals surface area (Å²) < 4.78 is 0. The fourth-order valence-corrected chi connectivity index (χ4v) is 2.61. The predicted octanol–water partition coefficient (Wildman–Crippen LogP) is 3.58. The average molecular weight is 259 g/mol. The Balaban J connectivity index is 2.44. The van der Waals surface area contributed by atoms with Crippen LogP contribution in [-0.2, 0) is 6.54 Å². The van der Waals surface area contributed by atoms with Crippen LogP contribution in [-0.4, -0.2) is 4.98 Å². The summed E-state index contributed by atoms with van der Waals surface area (Å²) in [6.45, 7) is 0.446. The molecule has 15 heavy (non-hydrogen) atoms. The highest BCUT2D eigenvalue weighted by Gasteiger charge is 2.08. The standard InChI is InChI=1S/C10H8Cl2N2S/c11-6-1-2-8(9(12)3-6)10-14-7(4-13)5-15-10/h1-3,5H,4,13H2. The van der Waals surface area contributed by atoms with Gasteiger partial charge in [-0.2, -0.15) is 0 Å². The Morgan fingerprint density at radius 1 is 1.33 bits per heavy atom. The van der Waals surface area contributed by atoms with Crippen molar-refractivity contribution in [2.24, 2.45) is 5.73 Å². The molecule has 0 unspecified atom stereocenters. The Bertz CT molecular complexity index is 482. The third-order valence-electron chi connectivity index (χ3n) is 1.92. The van der Waals surface area contributed by atoms with Gasteiger partial charge in [0, 0.05) is 22.5 Å². The molecule has 2 N–H and O–H groups in total. The van der Waals surface area contributed by atoms with Gasteiger partial charge in [-0.25, -0.2) is 4.98 Å². The zero-order valence-corrected chi connectivity index (χ0v) is 10.0. The van der Waals surface area contributed by atoms with Gasteiger partial charge in [-0.3, -0.25) is 0 Å². The van der Waals surface area contributed by atoms with Gasteiger partial charge in [-0.15, -0.1) is 11.3 Å². The fourth-order valence-electron chi connectivity index (χ4n) is 1.19. The van der Waals surface area contributed by atoms with E-state index in [1.54, 1.807) is 12.1 Å². The summed E-state index contributed by atoms with van der Waals surface area (Å²) in [7, 11) is 0. The molecule has 0 bridgehead atoms. The average Bonchev–Trinajstić information content (AvgIpc) is 2.66. The Hall–Kier alpha value is -0.610. The SMILES string of the molecule is NCc1csc(-c2ccc(Cl)cc2Cl)n1. The molecule has 0 spiro atoms. The molecule has 78 valence electrons. The second-order valence-corrected chi connectivity index (χ2v) is 4.67. The second-order valence-electron chi connectivity index (χ2n) is 2.97. The van der Waals surface area contributed by atoms with Crippen molar-refractivity contribution in [3.63, 3.8) is 0 Å². The molecule has 0 radical (unpaired) electrons. The number of rotatable bonds is 2. The van der Waals surface area contributed by atoms with Crippen LogP contribution in [0.4, 0.5) is 0 Å². The maximum absolute atomic E-state index is 6.07. The number of halogens is 2. The Morgan fingerprint density at radius 2 is 2.13 bits per heavy atom. The molecule has 2 nitrogen and oxygen atoms in total. The summed E-state index contributed by atoms with van der Waals surface area (Å²) >= 11 is 13.4. The van der Waals surface area contributed by atoms with Crippen molar-refractivity contribution in [3.8, 4) is 10.6 Å². The predicted molar refractivity (Wildman–Crippen MR) is 65.5 cm³/mol. The van der Waals surface area contributed by atoms with Crippen LogP contribution < -0.4 is 5.73 Å². The van der Waals surface area contributed by atoms with E-state index in [4.69, 9.17) is 28.9 Å². The van der Waals surface area contributed by atoms with Gasteiger partial charge >= 0.3 is 0 Å². The van der Waals surface area contributed by atoms with Crippen LogP contribution in [0.15, 0.2) is 23.6 Å². The van der Waals surface area contributed by atoms with Crippen LogP contribution in [0.3, 0.4) is 0 Å². The number of nitrogens with two attached hydrogens (primary N) is 1. The van der Waals surface area contributed by atoms with Crippen LogP contribution in [0.1, 0.15) is 5.69 Å². The van der Waals surface area contributed by atoms with Crippen molar-refractivity contribution in [2.45, 2.75) is 6.54 Å². The van der Waals surface area contributed by atoms with Gasteiger partial charge in [0.05, 0.1) is 10.7 Å². The summed E-state index contributed by atoms with van der Waals surface area (Å²) in [5.41, 5.74) is 7.26. The lowest BCUT2D eigenvalue weighted by Crippen LogP contribution is -1.95. The van der Waals surface area contributed by atoms with Crippen LogP contribution in [0, 0.1) is 0 Å². The molecular weight excluding hydrogens is 251 g/mol. The molecule has 0 aliphatic rings. The van der Waals surface area contributed by atoms with Crippen molar-refractivity contribution in [1.82, 2.24) is 4.98 Å². The smallest absolute Gasteiger partial charge is 0.125 e. The normalized spacial score (nSPS) is 10.6. The zero-order valence-electron chi connectivity index (χ0n) is 7.71. The Kier molecular flexibility index (Phi) is 3.26. The quantitative estimate of drug-likeness (QED) is 0.895. The highest BCUT2D eigenvalue weighted by molar-refractivity contribution is 7.13. The van der Waals surface area contributed by atoms with Gasteiger partial charge in [0.2, 0.25) is 0 Å². The first-order valence-electron chi connectivity index (χ1n) is 4.30. The van der Waals surface area contributed by atoms with E-state index in [1.807, 2.05) is 11.4 Å². The van der Waals surface area contributed by atoms with E-state index in [1.165, 1.54) is 11.3 Å². The number of hydrogen-bond acceptors (Lipinski definition) is 3. The van der Waals surface area contributed by atoms with E-state index in [2.05, 4.69) is 4.98 Å². The molecule has 0 atom stereocenters. The van der Waals surface area contributed by atoms with Crippen molar-refractivity contribution in [3.05, 3.63) is 39.3 Å². The molecular formula is C10H8Cl2N2S. The number of hydrogen-bond donors (Lipinski definition) is 1. The monoisotopic (exact) mass is 258 g/mol. The minimum absolute atomic E-state index is 0.446. The topological polar surface area (TPSA) is 38.9 Å². The first kappa shape index (κ1) is 10.9. The van der Waals surface area contributed by atoms with E-state index in [0.717, 1.165) is 16.3 Å². The lowest BCUT2D eigenvalue weighted by Gasteiger charge is -2.00. The van der Waals surface area contributed by atoms with E-state index in [-0.39, 0.29) is 0 Å². The van der Waals surface area contributed by atoms with Crippen LogP contribution in [0.5, 0.6) is 0 Å². The highest BCUT2D eigenvalue weighted by atomic mass is 35.5. The lowest BCUT2D eigenvalue weighted by molar-refractivity contribution is 1.01. The van der Waals surface area contributed by atoms with Crippen molar-refractivity contribution < 1.29 is 0 Å².